The summed E-state index contributed by atoms with van der Waals surface area (Å²) in [6, 6.07) is 19.0. The van der Waals surface area contributed by atoms with Crippen molar-refractivity contribution in [2.75, 3.05) is 26.2 Å². The van der Waals surface area contributed by atoms with E-state index in [1.54, 1.807) is 11.3 Å². The molecular formula is C25H31N3OS. The summed E-state index contributed by atoms with van der Waals surface area (Å²) in [4.78, 5) is 19.1. The normalized spacial score (nSPS) is 17.8. The molecule has 0 bridgehead atoms. The number of likely N-dealkylation sites (tertiary alicyclic amines) is 1. The minimum Gasteiger partial charge on any atom is -0.346 e. The second kappa shape index (κ2) is 10.1. The summed E-state index contributed by atoms with van der Waals surface area (Å²) in [5.41, 5.74) is 1.37. The van der Waals surface area contributed by atoms with Crippen LogP contribution in [0.5, 0.6) is 0 Å². The predicted octanol–water partition coefficient (Wildman–Crippen LogP) is 4.90. The third kappa shape index (κ3) is 5.21. The lowest BCUT2D eigenvalue weighted by Gasteiger charge is -2.27. The maximum absolute atomic E-state index is 13.2. The van der Waals surface area contributed by atoms with Crippen molar-refractivity contribution in [3.63, 3.8) is 0 Å². The zero-order valence-corrected chi connectivity index (χ0v) is 18.5. The molecule has 3 aromatic rings. The average Bonchev–Trinajstić information content (AvgIpc) is 3.54. The number of thiophene rings is 1. The molecule has 2 atom stereocenters. The van der Waals surface area contributed by atoms with Crippen LogP contribution in [0.4, 0.5) is 0 Å². The smallest absolute Gasteiger partial charge is 0.225 e. The van der Waals surface area contributed by atoms with Gasteiger partial charge in [-0.05, 0) is 54.9 Å². The van der Waals surface area contributed by atoms with Gasteiger partial charge in [0.15, 0.2) is 0 Å². The monoisotopic (exact) mass is 421 g/mol. The number of rotatable bonds is 9. The molecule has 1 amide bonds. The van der Waals surface area contributed by atoms with Crippen molar-refractivity contribution in [2.45, 2.75) is 32.4 Å². The van der Waals surface area contributed by atoms with Gasteiger partial charge in [0.25, 0.3) is 0 Å². The molecule has 158 valence electrons. The molecule has 4 rings (SSSR count). The molecule has 1 aliphatic heterocycles. The Hall–Kier alpha value is -2.37. The SMILES string of the molecule is CCN(C[C@H]1CCN(Cc2ccccc2)C1)C(=O)C[C@@H](c1cccs1)n1cccc1. The maximum atomic E-state index is 13.2. The van der Waals surface area contributed by atoms with Crippen molar-refractivity contribution in [2.24, 2.45) is 5.92 Å². The van der Waals surface area contributed by atoms with Crippen LogP contribution < -0.4 is 0 Å². The van der Waals surface area contributed by atoms with Crippen LogP contribution in [0.25, 0.3) is 0 Å². The number of benzene rings is 1. The van der Waals surface area contributed by atoms with Crippen LogP contribution in [-0.2, 0) is 11.3 Å². The summed E-state index contributed by atoms with van der Waals surface area (Å²) in [7, 11) is 0. The Kier molecular flexibility index (Phi) is 7.03. The van der Waals surface area contributed by atoms with Gasteiger partial charge in [0.2, 0.25) is 5.91 Å². The first kappa shape index (κ1) is 20.9. The summed E-state index contributed by atoms with van der Waals surface area (Å²) < 4.78 is 2.16. The zero-order chi connectivity index (χ0) is 20.8. The topological polar surface area (TPSA) is 28.5 Å². The van der Waals surface area contributed by atoms with Gasteiger partial charge in [-0.1, -0.05) is 36.4 Å². The van der Waals surface area contributed by atoms with Crippen molar-refractivity contribution in [1.82, 2.24) is 14.4 Å². The van der Waals surface area contributed by atoms with Crippen molar-refractivity contribution < 1.29 is 4.79 Å². The molecule has 5 heteroatoms. The summed E-state index contributed by atoms with van der Waals surface area (Å²) in [5, 5.41) is 2.09. The first-order valence-corrected chi connectivity index (χ1v) is 11.8. The highest BCUT2D eigenvalue weighted by molar-refractivity contribution is 7.10. The third-order valence-electron chi connectivity index (χ3n) is 6.06. The van der Waals surface area contributed by atoms with Crippen LogP contribution in [-0.4, -0.2) is 46.5 Å². The Balaban J connectivity index is 1.35. The summed E-state index contributed by atoms with van der Waals surface area (Å²) in [6.45, 7) is 6.94. The number of hydrogen-bond acceptors (Lipinski definition) is 3. The Morgan fingerprint density at radius 1 is 1.13 bits per heavy atom. The lowest BCUT2D eigenvalue weighted by molar-refractivity contribution is -0.132. The first-order valence-electron chi connectivity index (χ1n) is 10.9. The van der Waals surface area contributed by atoms with E-state index in [1.807, 2.05) is 12.1 Å². The van der Waals surface area contributed by atoms with E-state index in [2.05, 4.69) is 81.5 Å². The van der Waals surface area contributed by atoms with Crippen LogP contribution in [0.1, 0.15) is 36.2 Å². The average molecular weight is 422 g/mol. The molecule has 4 nitrogen and oxygen atoms in total. The number of hydrogen-bond donors (Lipinski definition) is 0. The van der Waals surface area contributed by atoms with Crippen LogP contribution in [0.2, 0.25) is 0 Å². The lowest BCUT2D eigenvalue weighted by atomic mass is 10.1. The highest BCUT2D eigenvalue weighted by atomic mass is 32.1. The second-order valence-corrected chi connectivity index (χ2v) is 9.15. The van der Waals surface area contributed by atoms with E-state index < -0.39 is 0 Å². The zero-order valence-electron chi connectivity index (χ0n) is 17.7. The highest BCUT2D eigenvalue weighted by Crippen LogP contribution is 2.28. The summed E-state index contributed by atoms with van der Waals surface area (Å²) in [5.74, 6) is 0.815. The van der Waals surface area contributed by atoms with Gasteiger partial charge in [-0.15, -0.1) is 11.3 Å². The van der Waals surface area contributed by atoms with Gasteiger partial charge in [0.05, 0.1) is 12.5 Å². The van der Waals surface area contributed by atoms with Crippen LogP contribution in [0, 0.1) is 5.92 Å². The predicted molar refractivity (Wildman–Crippen MR) is 124 cm³/mol. The van der Waals surface area contributed by atoms with Gasteiger partial charge < -0.3 is 9.47 Å². The highest BCUT2D eigenvalue weighted by Gasteiger charge is 2.27. The van der Waals surface area contributed by atoms with E-state index in [-0.39, 0.29) is 11.9 Å². The molecule has 3 heterocycles. The van der Waals surface area contributed by atoms with Gasteiger partial charge in [-0.2, -0.15) is 0 Å². The fourth-order valence-corrected chi connectivity index (χ4v) is 5.28. The van der Waals surface area contributed by atoms with Crippen molar-refractivity contribution >= 4 is 17.2 Å². The van der Waals surface area contributed by atoms with Gasteiger partial charge in [0, 0.05) is 43.4 Å². The van der Waals surface area contributed by atoms with E-state index in [4.69, 9.17) is 0 Å². The van der Waals surface area contributed by atoms with E-state index in [0.717, 1.165) is 32.7 Å². The quantitative estimate of drug-likeness (QED) is 0.492. The van der Waals surface area contributed by atoms with Crippen molar-refractivity contribution in [3.05, 3.63) is 82.8 Å². The Labute approximate surface area is 183 Å². The molecule has 0 aliphatic carbocycles. The maximum Gasteiger partial charge on any atom is 0.225 e. The van der Waals surface area contributed by atoms with Gasteiger partial charge in [-0.3, -0.25) is 9.69 Å². The number of carbonyl (C=O) groups excluding carboxylic acids is 1. The molecule has 2 aromatic heterocycles. The molecule has 0 N–H and O–H groups in total. The summed E-state index contributed by atoms with van der Waals surface area (Å²) >= 11 is 1.73. The van der Waals surface area contributed by atoms with Crippen LogP contribution in [0.15, 0.2) is 72.4 Å². The minimum absolute atomic E-state index is 0.0831. The first-order chi connectivity index (χ1) is 14.7. The molecule has 0 radical (unpaired) electrons. The molecule has 1 saturated heterocycles. The Morgan fingerprint density at radius 2 is 1.93 bits per heavy atom. The van der Waals surface area contributed by atoms with E-state index >= 15 is 0 Å². The number of aromatic nitrogens is 1. The van der Waals surface area contributed by atoms with Crippen molar-refractivity contribution in [1.29, 1.82) is 0 Å². The Bertz CT molecular complexity index is 858. The molecule has 1 aliphatic rings. The number of amides is 1. The number of nitrogens with zero attached hydrogens (tertiary/aromatic N) is 3. The van der Waals surface area contributed by atoms with E-state index in [1.165, 1.54) is 16.9 Å². The largest absolute Gasteiger partial charge is 0.346 e. The van der Waals surface area contributed by atoms with Crippen LogP contribution >= 0.6 is 11.3 Å². The van der Waals surface area contributed by atoms with E-state index in [9.17, 15) is 4.79 Å². The fourth-order valence-electron chi connectivity index (χ4n) is 4.45. The molecule has 0 spiro atoms. The fraction of sp³-hybridized carbons (Fsp3) is 0.400. The molecule has 0 unspecified atom stereocenters. The summed E-state index contributed by atoms with van der Waals surface area (Å²) in [6.07, 6.45) is 5.81. The van der Waals surface area contributed by atoms with Crippen molar-refractivity contribution in [3.8, 4) is 0 Å². The van der Waals surface area contributed by atoms with Gasteiger partial charge in [0.1, 0.15) is 0 Å². The Morgan fingerprint density at radius 3 is 2.63 bits per heavy atom. The van der Waals surface area contributed by atoms with Gasteiger partial charge >= 0.3 is 0 Å². The molecule has 30 heavy (non-hydrogen) atoms. The second-order valence-electron chi connectivity index (χ2n) is 8.17. The molecular weight excluding hydrogens is 390 g/mol. The molecule has 1 fully saturated rings. The molecule has 1 aromatic carbocycles. The standard InChI is InChI=1S/C25H31N3OS/c1-2-27(20-22-12-15-26(19-22)18-21-9-4-3-5-10-21)25(29)17-23(24-11-8-16-30-24)28-13-6-7-14-28/h3-11,13-14,16,22-23H,2,12,15,17-20H2,1H3/t22-,23-/m0/s1. The van der Waals surface area contributed by atoms with Gasteiger partial charge in [-0.25, -0.2) is 0 Å². The lowest BCUT2D eigenvalue weighted by Crippen LogP contribution is -2.37. The van der Waals surface area contributed by atoms with E-state index in [0.29, 0.717) is 12.3 Å². The third-order valence-corrected chi connectivity index (χ3v) is 7.03. The molecule has 0 saturated carbocycles. The minimum atomic E-state index is 0.0831. The van der Waals surface area contributed by atoms with Crippen LogP contribution in [0.3, 0.4) is 0 Å². The number of carbonyl (C=O) groups is 1.